The number of amides is 1. The molecule has 1 amide bonds. The quantitative estimate of drug-likeness (QED) is 0.856. The summed E-state index contributed by atoms with van der Waals surface area (Å²) >= 11 is 0. The maximum atomic E-state index is 12.2. The standard InChI is InChI=1S/C17H23N3O3/c1-10-6-7-15(22-5)14(8-10)12(3)18-13(4)17(21)19-16-9-11(2)20-23-16/h6-9,12-13,18H,1-5H3,(H,19,21)/t12-,13+/m1/s1. The predicted octanol–water partition coefficient (Wildman–Crippen LogP) is 2.98. The number of nitrogens with zero attached hydrogens (tertiary/aromatic N) is 1. The normalized spacial score (nSPS) is 13.4. The molecule has 0 radical (unpaired) electrons. The molecular weight excluding hydrogens is 294 g/mol. The van der Waals surface area contributed by atoms with Crippen LogP contribution in [0.4, 0.5) is 5.88 Å². The van der Waals surface area contributed by atoms with Crippen molar-refractivity contribution in [3.05, 3.63) is 41.1 Å². The fraction of sp³-hybridized carbons (Fsp3) is 0.412. The fourth-order valence-corrected chi connectivity index (χ4v) is 2.38. The summed E-state index contributed by atoms with van der Waals surface area (Å²) in [5, 5.41) is 9.71. The first-order chi connectivity index (χ1) is 10.9. The van der Waals surface area contributed by atoms with E-state index in [0.29, 0.717) is 5.88 Å². The molecule has 6 nitrogen and oxygen atoms in total. The Labute approximate surface area is 136 Å². The third kappa shape index (κ3) is 4.32. The first-order valence-corrected chi connectivity index (χ1v) is 7.55. The van der Waals surface area contributed by atoms with Crippen molar-refractivity contribution in [3.8, 4) is 5.75 Å². The lowest BCUT2D eigenvalue weighted by molar-refractivity contribution is -0.118. The van der Waals surface area contributed by atoms with Gasteiger partial charge in [-0.3, -0.25) is 15.4 Å². The summed E-state index contributed by atoms with van der Waals surface area (Å²) in [6.07, 6.45) is 0. The predicted molar refractivity (Wildman–Crippen MR) is 88.6 cm³/mol. The molecule has 2 rings (SSSR count). The number of ether oxygens (including phenoxy) is 1. The molecule has 2 aromatic rings. The highest BCUT2D eigenvalue weighted by Gasteiger charge is 2.19. The van der Waals surface area contributed by atoms with E-state index < -0.39 is 6.04 Å². The van der Waals surface area contributed by atoms with Gasteiger partial charge in [0.2, 0.25) is 11.8 Å². The zero-order valence-corrected chi connectivity index (χ0v) is 14.1. The van der Waals surface area contributed by atoms with Crippen LogP contribution in [0.1, 0.15) is 36.7 Å². The number of nitrogens with one attached hydrogen (secondary N) is 2. The summed E-state index contributed by atoms with van der Waals surface area (Å²) in [5.74, 6) is 0.968. The SMILES string of the molecule is COc1ccc(C)cc1[C@@H](C)N[C@@H](C)C(=O)Nc1cc(C)no1. The lowest BCUT2D eigenvalue weighted by Gasteiger charge is -2.21. The van der Waals surface area contributed by atoms with Gasteiger partial charge in [-0.25, -0.2) is 0 Å². The van der Waals surface area contributed by atoms with Gasteiger partial charge in [0.05, 0.1) is 18.8 Å². The third-order valence-electron chi connectivity index (χ3n) is 3.62. The van der Waals surface area contributed by atoms with Crippen LogP contribution < -0.4 is 15.4 Å². The van der Waals surface area contributed by atoms with E-state index in [9.17, 15) is 4.79 Å². The second kappa shape index (κ2) is 7.28. The Morgan fingerprint density at radius 2 is 2.00 bits per heavy atom. The number of benzene rings is 1. The maximum Gasteiger partial charge on any atom is 0.243 e. The number of aryl methyl sites for hydroxylation is 2. The molecule has 0 saturated heterocycles. The number of carbonyl (C=O) groups excluding carboxylic acids is 1. The highest BCUT2D eigenvalue weighted by molar-refractivity contribution is 5.93. The van der Waals surface area contributed by atoms with Crippen LogP contribution in [0.5, 0.6) is 5.75 Å². The molecule has 1 aromatic heterocycles. The van der Waals surface area contributed by atoms with Gasteiger partial charge in [-0.1, -0.05) is 22.9 Å². The number of hydrogen-bond donors (Lipinski definition) is 2. The van der Waals surface area contributed by atoms with Gasteiger partial charge in [0.1, 0.15) is 5.75 Å². The van der Waals surface area contributed by atoms with E-state index >= 15 is 0 Å². The van der Waals surface area contributed by atoms with Gasteiger partial charge >= 0.3 is 0 Å². The molecule has 0 unspecified atom stereocenters. The molecule has 0 aliphatic carbocycles. The van der Waals surface area contributed by atoms with E-state index in [0.717, 1.165) is 22.6 Å². The number of anilines is 1. The van der Waals surface area contributed by atoms with Crippen molar-refractivity contribution < 1.29 is 14.1 Å². The Morgan fingerprint density at radius 1 is 1.26 bits per heavy atom. The molecule has 0 bridgehead atoms. The topological polar surface area (TPSA) is 76.4 Å². The Hall–Kier alpha value is -2.34. The Kier molecular flexibility index (Phi) is 5.39. The van der Waals surface area contributed by atoms with Crippen LogP contribution in [-0.2, 0) is 4.79 Å². The first-order valence-electron chi connectivity index (χ1n) is 7.55. The van der Waals surface area contributed by atoms with Crippen molar-refractivity contribution in [2.75, 3.05) is 12.4 Å². The van der Waals surface area contributed by atoms with Crippen LogP contribution in [0.15, 0.2) is 28.8 Å². The highest BCUT2D eigenvalue weighted by atomic mass is 16.5. The molecule has 23 heavy (non-hydrogen) atoms. The number of aromatic nitrogens is 1. The monoisotopic (exact) mass is 317 g/mol. The smallest absolute Gasteiger partial charge is 0.243 e. The molecule has 0 saturated carbocycles. The van der Waals surface area contributed by atoms with Crippen molar-refractivity contribution >= 4 is 11.8 Å². The van der Waals surface area contributed by atoms with Gasteiger partial charge in [0, 0.05) is 17.7 Å². The molecule has 124 valence electrons. The molecule has 0 spiro atoms. The maximum absolute atomic E-state index is 12.2. The summed E-state index contributed by atoms with van der Waals surface area (Å²) in [5.41, 5.74) is 2.88. The molecule has 1 heterocycles. The van der Waals surface area contributed by atoms with Crippen LogP contribution in [0.2, 0.25) is 0 Å². The van der Waals surface area contributed by atoms with E-state index in [-0.39, 0.29) is 11.9 Å². The number of methoxy groups -OCH3 is 1. The fourth-order valence-electron chi connectivity index (χ4n) is 2.38. The Balaban J connectivity index is 2.02. The molecule has 0 aliphatic heterocycles. The van der Waals surface area contributed by atoms with Crippen LogP contribution >= 0.6 is 0 Å². The lowest BCUT2D eigenvalue weighted by Crippen LogP contribution is -2.39. The third-order valence-corrected chi connectivity index (χ3v) is 3.62. The number of hydrogen-bond acceptors (Lipinski definition) is 5. The molecule has 2 N–H and O–H groups in total. The van der Waals surface area contributed by atoms with Crippen molar-refractivity contribution in [2.24, 2.45) is 0 Å². The van der Waals surface area contributed by atoms with Crippen molar-refractivity contribution in [1.29, 1.82) is 0 Å². The average Bonchev–Trinajstić information content (AvgIpc) is 2.92. The van der Waals surface area contributed by atoms with Crippen molar-refractivity contribution in [3.63, 3.8) is 0 Å². The molecule has 2 atom stereocenters. The molecular formula is C17H23N3O3. The zero-order valence-electron chi connectivity index (χ0n) is 14.1. The van der Waals surface area contributed by atoms with E-state index in [1.807, 2.05) is 26.0 Å². The number of rotatable bonds is 6. The molecule has 6 heteroatoms. The summed E-state index contributed by atoms with van der Waals surface area (Å²) in [6, 6.07) is 7.23. The first kappa shape index (κ1) is 17.0. The van der Waals surface area contributed by atoms with E-state index in [2.05, 4.69) is 21.9 Å². The van der Waals surface area contributed by atoms with Crippen molar-refractivity contribution in [2.45, 2.75) is 39.8 Å². The van der Waals surface area contributed by atoms with Crippen molar-refractivity contribution in [1.82, 2.24) is 10.5 Å². The summed E-state index contributed by atoms with van der Waals surface area (Å²) in [7, 11) is 1.64. The summed E-state index contributed by atoms with van der Waals surface area (Å²) in [4.78, 5) is 12.2. The minimum Gasteiger partial charge on any atom is -0.496 e. The second-order valence-corrected chi connectivity index (χ2v) is 5.68. The second-order valence-electron chi connectivity index (χ2n) is 5.68. The van der Waals surface area contributed by atoms with Gasteiger partial charge < -0.3 is 9.26 Å². The lowest BCUT2D eigenvalue weighted by atomic mass is 10.0. The van der Waals surface area contributed by atoms with Crippen LogP contribution in [0.3, 0.4) is 0 Å². The highest BCUT2D eigenvalue weighted by Crippen LogP contribution is 2.26. The van der Waals surface area contributed by atoms with Gasteiger partial charge in [-0.05, 0) is 33.8 Å². The van der Waals surface area contributed by atoms with Gasteiger partial charge in [0.15, 0.2) is 0 Å². The summed E-state index contributed by atoms with van der Waals surface area (Å²) in [6.45, 7) is 7.63. The molecule has 0 aliphatic rings. The Morgan fingerprint density at radius 3 is 2.61 bits per heavy atom. The van der Waals surface area contributed by atoms with Gasteiger partial charge in [0.25, 0.3) is 0 Å². The number of carbonyl (C=O) groups is 1. The minimum atomic E-state index is -0.402. The van der Waals surface area contributed by atoms with Crippen LogP contribution in [0, 0.1) is 13.8 Å². The van der Waals surface area contributed by atoms with E-state index in [4.69, 9.17) is 9.26 Å². The van der Waals surface area contributed by atoms with Gasteiger partial charge in [-0.15, -0.1) is 0 Å². The van der Waals surface area contributed by atoms with E-state index in [1.54, 1.807) is 27.0 Å². The molecule has 0 fully saturated rings. The van der Waals surface area contributed by atoms with Crippen LogP contribution in [-0.4, -0.2) is 24.2 Å². The largest absolute Gasteiger partial charge is 0.496 e. The Bertz CT molecular complexity index is 681. The summed E-state index contributed by atoms with van der Waals surface area (Å²) < 4.78 is 10.4. The van der Waals surface area contributed by atoms with Crippen LogP contribution in [0.25, 0.3) is 0 Å². The average molecular weight is 317 g/mol. The molecule has 1 aromatic carbocycles. The zero-order chi connectivity index (χ0) is 17.0. The minimum absolute atomic E-state index is 0.0398. The van der Waals surface area contributed by atoms with Gasteiger partial charge in [-0.2, -0.15) is 0 Å². The van der Waals surface area contributed by atoms with E-state index in [1.165, 1.54) is 0 Å².